The lowest BCUT2D eigenvalue weighted by Gasteiger charge is -2.23. The van der Waals surface area contributed by atoms with E-state index in [0.717, 1.165) is 45.8 Å². The van der Waals surface area contributed by atoms with Gasteiger partial charge in [-0.05, 0) is 36.6 Å². The summed E-state index contributed by atoms with van der Waals surface area (Å²) in [5, 5.41) is 3.49. The van der Waals surface area contributed by atoms with Crippen LogP contribution in [-0.2, 0) is 11.3 Å². The summed E-state index contributed by atoms with van der Waals surface area (Å²) in [5.74, 6) is 0.685. The summed E-state index contributed by atoms with van der Waals surface area (Å²) < 4.78 is 6.70. The monoisotopic (exact) mass is 340 g/mol. The van der Waals surface area contributed by atoms with Gasteiger partial charge in [-0.2, -0.15) is 0 Å². The zero-order chi connectivity index (χ0) is 14.4. The smallest absolute Gasteiger partial charge is 0.0641 e. The second-order valence-electron chi connectivity index (χ2n) is 5.75. The maximum Gasteiger partial charge on any atom is 0.0641 e. The second-order valence-corrected chi connectivity index (χ2v) is 6.61. The molecule has 0 aliphatic carbocycles. The molecule has 0 amide bonds. The third kappa shape index (κ3) is 4.76. The molecule has 1 aliphatic heterocycles. The number of ether oxygens (including phenoxy) is 1. The van der Waals surface area contributed by atoms with Gasteiger partial charge in [0.15, 0.2) is 0 Å². The predicted molar refractivity (Wildman–Crippen MR) is 88.3 cm³/mol. The van der Waals surface area contributed by atoms with Crippen molar-refractivity contribution in [2.45, 2.75) is 26.8 Å². The van der Waals surface area contributed by atoms with Crippen molar-refractivity contribution >= 4 is 21.6 Å². The number of benzene rings is 1. The van der Waals surface area contributed by atoms with Crippen LogP contribution in [0.4, 0.5) is 5.69 Å². The Kier molecular flexibility index (Phi) is 6.33. The van der Waals surface area contributed by atoms with Crippen LogP contribution in [0.15, 0.2) is 22.7 Å². The summed E-state index contributed by atoms with van der Waals surface area (Å²) in [6, 6.07) is 6.68. The third-order valence-electron chi connectivity index (χ3n) is 3.49. The lowest BCUT2D eigenvalue weighted by atomic mass is 10.1. The van der Waals surface area contributed by atoms with Crippen molar-refractivity contribution in [3.05, 3.63) is 28.2 Å². The van der Waals surface area contributed by atoms with Crippen molar-refractivity contribution < 1.29 is 4.74 Å². The summed E-state index contributed by atoms with van der Waals surface area (Å²) in [6.07, 6.45) is 1.11. The van der Waals surface area contributed by atoms with Crippen molar-refractivity contribution in [3.8, 4) is 0 Å². The minimum Gasteiger partial charge on any atom is -0.380 e. The van der Waals surface area contributed by atoms with Gasteiger partial charge < -0.3 is 15.0 Å². The van der Waals surface area contributed by atoms with Crippen LogP contribution < -0.4 is 10.2 Å². The van der Waals surface area contributed by atoms with Crippen LogP contribution in [0.25, 0.3) is 0 Å². The van der Waals surface area contributed by atoms with Gasteiger partial charge in [0, 0.05) is 36.4 Å². The first-order valence-electron chi connectivity index (χ1n) is 7.48. The Morgan fingerprint density at radius 3 is 2.90 bits per heavy atom. The van der Waals surface area contributed by atoms with Gasteiger partial charge in [0.1, 0.15) is 0 Å². The van der Waals surface area contributed by atoms with E-state index < -0.39 is 0 Å². The maximum absolute atomic E-state index is 5.51. The first-order valence-corrected chi connectivity index (χ1v) is 8.28. The topological polar surface area (TPSA) is 24.5 Å². The van der Waals surface area contributed by atoms with Gasteiger partial charge in [0.05, 0.1) is 6.61 Å². The van der Waals surface area contributed by atoms with E-state index >= 15 is 0 Å². The van der Waals surface area contributed by atoms with E-state index in [1.54, 1.807) is 0 Å². The molecule has 1 N–H and O–H groups in total. The molecule has 1 aromatic carbocycles. The molecule has 1 aromatic rings. The van der Waals surface area contributed by atoms with Gasteiger partial charge in [0.2, 0.25) is 0 Å². The number of halogens is 1. The van der Waals surface area contributed by atoms with E-state index in [1.165, 1.54) is 15.7 Å². The first-order chi connectivity index (χ1) is 9.66. The normalized spacial score (nSPS) is 16.5. The average molecular weight is 341 g/mol. The minimum absolute atomic E-state index is 0.685. The Morgan fingerprint density at radius 1 is 1.30 bits per heavy atom. The van der Waals surface area contributed by atoms with Gasteiger partial charge in [-0.3, -0.25) is 0 Å². The Bertz CT molecular complexity index is 415. The van der Waals surface area contributed by atoms with Crippen LogP contribution in [0.1, 0.15) is 25.8 Å². The molecule has 2 rings (SSSR count). The second kappa shape index (κ2) is 8.01. The minimum atomic E-state index is 0.685. The summed E-state index contributed by atoms with van der Waals surface area (Å²) in [4.78, 5) is 2.41. The molecule has 20 heavy (non-hydrogen) atoms. The number of rotatable bonds is 5. The van der Waals surface area contributed by atoms with Gasteiger partial charge in [-0.25, -0.2) is 0 Å². The molecule has 112 valence electrons. The highest BCUT2D eigenvalue weighted by Crippen LogP contribution is 2.25. The number of nitrogens with one attached hydrogen (secondary N) is 1. The lowest BCUT2D eigenvalue weighted by Crippen LogP contribution is -2.26. The molecule has 1 aliphatic rings. The molecule has 4 heteroatoms. The molecule has 1 saturated heterocycles. The predicted octanol–water partition coefficient (Wildman–Crippen LogP) is 3.42. The van der Waals surface area contributed by atoms with Crippen LogP contribution in [0.2, 0.25) is 0 Å². The molecule has 0 atom stereocenters. The quantitative estimate of drug-likeness (QED) is 0.888. The lowest BCUT2D eigenvalue weighted by molar-refractivity contribution is 0.152. The van der Waals surface area contributed by atoms with Gasteiger partial charge >= 0.3 is 0 Å². The van der Waals surface area contributed by atoms with Crippen molar-refractivity contribution in [2.75, 3.05) is 37.7 Å². The van der Waals surface area contributed by atoms with Crippen LogP contribution in [-0.4, -0.2) is 32.8 Å². The summed E-state index contributed by atoms with van der Waals surface area (Å²) in [6.45, 7) is 10.2. The molecule has 1 heterocycles. The largest absolute Gasteiger partial charge is 0.380 e. The molecule has 0 spiro atoms. The number of nitrogens with zero attached hydrogens (tertiary/aromatic N) is 1. The van der Waals surface area contributed by atoms with Gasteiger partial charge in [0.25, 0.3) is 0 Å². The van der Waals surface area contributed by atoms with Crippen LogP contribution in [0, 0.1) is 5.92 Å². The fraction of sp³-hybridized carbons (Fsp3) is 0.625. The standard InChI is InChI=1S/C16H25BrN2O/c1-13(2)11-18-12-14-4-5-15(10-16(14)17)19-6-3-8-20-9-7-19/h4-5,10,13,18H,3,6-9,11-12H2,1-2H3. The average Bonchev–Trinajstić information content (AvgIpc) is 2.69. The summed E-state index contributed by atoms with van der Waals surface area (Å²) >= 11 is 3.70. The van der Waals surface area contributed by atoms with Gasteiger partial charge in [-0.15, -0.1) is 0 Å². The molecule has 0 radical (unpaired) electrons. The van der Waals surface area contributed by atoms with E-state index in [0.29, 0.717) is 5.92 Å². The zero-order valence-corrected chi connectivity index (χ0v) is 14.1. The SMILES string of the molecule is CC(C)CNCc1ccc(N2CCCOCC2)cc1Br. The van der Waals surface area contributed by atoms with Crippen LogP contribution in [0.3, 0.4) is 0 Å². The Labute approximate surface area is 130 Å². The fourth-order valence-corrected chi connectivity index (χ4v) is 2.88. The van der Waals surface area contributed by atoms with E-state index in [2.05, 4.69) is 58.2 Å². The van der Waals surface area contributed by atoms with Crippen LogP contribution in [0.5, 0.6) is 0 Å². The Balaban J connectivity index is 1.97. The number of anilines is 1. The molecular weight excluding hydrogens is 316 g/mol. The Hall–Kier alpha value is -0.580. The van der Waals surface area contributed by atoms with E-state index in [1.807, 2.05) is 0 Å². The highest BCUT2D eigenvalue weighted by molar-refractivity contribution is 9.10. The van der Waals surface area contributed by atoms with Crippen molar-refractivity contribution in [3.63, 3.8) is 0 Å². The molecule has 1 fully saturated rings. The number of hydrogen-bond acceptors (Lipinski definition) is 3. The van der Waals surface area contributed by atoms with Crippen molar-refractivity contribution in [1.82, 2.24) is 5.32 Å². The Morgan fingerprint density at radius 2 is 2.15 bits per heavy atom. The summed E-state index contributed by atoms with van der Waals surface area (Å²) in [7, 11) is 0. The highest BCUT2D eigenvalue weighted by atomic mass is 79.9. The molecular formula is C16H25BrN2O. The van der Waals surface area contributed by atoms with Crippen molar-refractivity contribution in [2.24, 2.45) is 5.92 Å². The first kappa shape index (κ1) is 15.8. The van der Waals surface area contributed by atoms with E-state index in [4.69, 9.17) is 4.74 Å². The van der Waals surface area contributed by atoms with E-state index in [-0.39, 0.29) is 0 Å². The van der Waals surface area contributed by atoms with Crippen LogP contribution >= 0.6 is 15.9 Å². The molecule has 3 nitrogen and oxygen atoms in total. The van der Waals surface area contributed by atoms with Gasteiger partial charge in [-0.1, -0.05) is 35.8 Å². The summed E-state index contributed by atoms with van der Waals surface area (Å²) in [5.41, 5.74) is 2.61. The molecule has 0 unspecified atom stereocenters. The molecule has 0 aromatic heterocycles. The van der Waals surface area contributed by atoms with E-state index in [9.17, 15) is 0 Å². The number of hydrogen-bond donors (Lipinski definition) is 1. The zero-order valence-electron chi connectivity index (χ0n) is 12.5. The molecule has 0 saturated carbocycles. The maximum atomic E-state index is 5.51. The highest BCUT2D eigenvalue weighted by Gasteiger charge is 2.11. The fourth-order valence-electron chi connectivity index (χ4n) is 2.38. The van der Waals surface area contributed by atoms with Crippen molar-refractivity contribution in [1.29, 1.82) is 0 Å². The third-order valence-corrected chi connectivity index (χ3v) is 4.23. The molecule has 0 bridgehead atoms.